The molecule has 4 N–H and O–H groups in total. The first-order chi connectivity index (χ1) is 15.8. The molecule has 2 aliphatic carbocycles. The number of carbonyl (C=O) groups is 3. The summed E-state index contributed by atoms with van der Waals surface area (Å²) in [7, 11) is 0. The van der Waals surface area contributed by atoms with Crippen LogP contribution in [0.1, 0.15) is 43.2 Å². The number of hydrogen-bond donors (Lipinski definition) is 4. The molecule has 2 unspecified atom stereocenters. The van der Waals surface area contributed by atoms with Crippen molar-refractivity contribution in [2.24, 2.45) is 5.41 Å². The first-order valence-electron chi connectivity index (χ1n) is 11.1. The molecule has 1 fully saturated rings. The normalized spacial score (nSPS) is 22.2. The number of alkyl carbamates (subject to hydrolysis) is 1. The van der Waals surface area contributed by atoms with Gasteiger partial charge in [-0.2, -0.15) is 0 Å². The number of hydrogen-bond acceptors (Lipinski definition) is 5. The number of aliphatic hydroxyl groups is 1. The predicted molar refractivity (Wildman–Crippen MR) is 121 cm³/mol. The number of aliphatic carboxylic acids is 1. The maximum atomic E-state index is 12.8. The summed E-state index contributed by atoms with van der Waals surface area (Å²) in [5.41, 5.74) is 3.51. The molecule has 0 radical (unpaired) electrons. The fourth-order valence-electron chi connectivity index (χ4n) is 4.96. The van der Waals surface area contributed by atoms with E-state index >= 15 is 0 Å². The molecular formula is C25H28N2O6. The van der Waals surface area contributed by atoms with Gasteiger partial charge >= 0.3 is 12.1 Å². The number of benzene rings is 2. The predicted octanol–water partition coefficient (Wildman–Crippen LogP) is 2.65. The Bertz CT molecular complexity index is 1020. The highest BCUT2D eigenvalue weighted by atomic mass is 16.5. The molecule has 8 nitrogen and oxygen atoms in total. The van der Waals surface area contributed by atoms with E-state index in [2.05, 4.69) is 22.8 Å². The molecule has 4 rings (SSSR count). The monoisotopic (exact) mass is 452 g/mol. The molecule has 0 spiro atoms. The second kappa shape index (κ2) is 9.23. The maximum Gasteiger partial charge on any atom is 0.407 e. The molecule has 8 heteroatoms. The molecule has 0 aromatic heterocycles. The van der Waals surface area contributed by atoms with Crippen molar-refractivity contribution in [3.8, 4) is 11.1 Å². The lowest BCUT2D eigenvalue weighted by atomic mass is 9.83. The van der Waals surface area contributed by atoms with E-state index < -0.39 is 42.1 Å². The lowest BCUT2D eigenvalue weighted by Crippen LogP contribution is -2.55. The summed E-state index contributed by atoms with van der Waals surface area (Å²) in [5.74, 6) is -1.89. The van der Waals surface area contributed by atoms with Gasteiger partial charge in [-0.25, -0.2) is 9.59 Å². The minimum Gasteiger partial charge on any atom is -0.480 e. The van der Waals surface area contributed by atoms with Crippen LogP contribution >= 0.6 is 0 Å². The number of carbonyl (C=O) groups excluding carboxylic acids is 2. The molecule has 33 heavy (non-hydrogen) atoms. The molecular weight excluding hydrogens is 424 g/mol. The van der Waals surface area contributed by atoms with Gasteiger partial charge in [0.2, 0.25) is 5.91 Å². The quantitative estimate of drug-likeness (QED) is 0.512. The van der Waals surface area contributed by atoms with Crippen LogP contribution in [-0.2, 0) is 14.3 Å². The molecule has 2 aromatic carbocycles. The van der Waals surface area contributed by atoms with Gasteiger partial charge in [0.15, 0.2) is 0 Å². The van der Waals surface area contributed by atoms with Crippen LogP contribution in [0.5, 0.6) is 0 Å². The summed E-state index contributed by atoms with van der Waals surface area (Å²) < 4.78 is 5.60. The Balaban J connectivity index is 1.41. The number of nitrogens with one attached hydrogen (secondary N) is 2. The topological polar surface area (TPSA) is 125 Å². The van der Waals surface area contributed by atoms with E-state index in [0.29, 0.717) is 19.3 Å². The van der Waals surface area contributed by atoms with E-state index in [1.54, 1.807) is 6.92 Å². The smallest absolute Gasteiger partial charge is 0.407 e. The standard InChI is InChI=1S/C25H28N2O6/c1-25(23(31)26-20(13-28)22(29)30)12-6-11-21(25)27-24(32)33-14-19-17-9-4-2-7-15(17)16-8-3-5-10-18(16)19/h2-5,7-10,19-21,28H,6,11-14H2,1H3,(H,26,31)(H,27,32)(H,29,30)/t20-,21?,25?/m0/s1. The molecule has 0 heterocycles. The Hall–Kier alpha value is -3.39. The summed E-state index contributed by atoms with van der Waals surface area (Å²) in [6, 6.07) is 14.2. The van der Waals surface area contributed by atoms with Gasteiger partial charge in [-0.1, -0.05) is 55.0 Å². The Morgan fingerprint density at radius 1 is 1.09 bits per heavy atom. The summed E-state index contributed by atoms with van der Waals surface area (Å²) in [6.45, 7) is 1.16. The van der Waals surface area contributed by atoms with E-state index in [4.69, 9.17) is 9.84 Å². The summed E-state index contributed by atoms with van der Waals surface area (Å²) in [5, 5.41) is 23.5. The van der Waals surface area contributed by atoms with Gasteiger partial charge in [0.1, 0.15) is 12.6 Å². The van der Waals surface area contributed by atoms with Gasteiger partial charge < -0.3 is 25.6 Å². The van der Waals surface area contributed by atoms with E-state index in [1.807, 2.05) is 36.4 Å². The molecule has 3 atom stereocenters. The highest BCUT2D eigenvalue weighted by molar-refractivity contribution is 5.88. The Labute approximate surface area is 192 Å². The summed E-state index contributed by atoms with van der Waals surface area (Å²) in [6.07, 6.45) is 1.16. The number of amides is 2. The maximum absolute atomic E-state index is 12.8. The molecule has 2 aliphatic rings. The van der Waals surface area contributed by atoms with E-state index in [0.717, 1.165) is 22.3 Å². The molecule has 1 saturated carbocycles. The zero-order chi connectivity index (χ0) is 23.6. The zero-order valence-corrected chi connectivity index (χ0v) is 18.4. The van der Waals surface area contributed by atoms with Crippen molar-refractivity contribution >= 4 is 18.0 Å². The first kappa shape index (κ1) is 22.8. The average molecular weight is 453 g/mol. The van der Waals surface area contributed by atoms with Crippen molar-refractivity contribution < 1.29 is 29.3 Å². The SMILES string of the molecule is CC1(C(=O)N[C@@H](CO)C(=O)O)CCCC1NC(=O)OCC1c2ccccc2-c2ccccc21. The molecule has 174 valence electrons. The third kappa shape index (κ3) is 4.30. The Kier molecular flexibility index (Phi) is 6.37. The van der Waals surface area contributed by atoms with Crippen LogP contribution in [0.25, 0.3) is 11.1 Å². The largest absolute Gasteiger partial charge is 0.480 e. The van der Waals surface area contributed by atoms with Crippen molar-refractivity contribution in [2.45, 2.75) is 44.2 Å². The number of rotatable bonds is 7. The molecule has 2 aromatic rings. The molecule has 0 bridgehead atoms. The molecule has 2 amide bonds. The van der Waals surface area contributed by atoms with Crippen LogP contribution in [0.3, 0.4) is 0 Å². The van der Waals surface area contributed by atoms with Gasteiger partial charge in [-0.05, 0) is 42.0 Å². The van der Waals surface area contributed by atoms with E-state index in [-0.39, 0.29) is 12.5 Å². The zero-order valence-electron chi connectivity index (χ0n) is 18.4. The van der Waals surface area contributed by atoms with Gasteiger partial charge in [0.25, 0.3) is 0 Å². The van der Waals surface area contributed by atoms with Crippen LogP contribution in [0.4, 0.5) is 4.79 Å². The minimum absolute atomic E-state index is 0.0673. The van der Waals surface area contributed by atoms with E-state index in [1.165, 1.54) is 0 Å². The lowest BCUT2D eigenvalue weighted by Gasteiger charge is -2.31. The van der Waals surface area contributed by atoms with Crippen molar-refractivity contribution in [1.29, 1.82) is 0 Å². The van der Waals surface area contributed by atoms with Crippen molar-refractivity contribution in [3.05, 3.63) is 59.7 Å². The van der Waals surface area contributed by atoms with Crippen LogP contribution in [0.15, 0.2) is 48.5 Å². The fourth-order valence-corrected chi connectivity index (χ4v) is 4.96. The number of fused-ring (bicyclic) bond motifs is 3. The summed E-state index contributed by atoms with van der Waals surface area (Å²) >= 11 is 0. The number of ether oxygens (including phenoxy) is 1. The Morgan fingerprint density at radius 3 is 2.27 bits per heavy atom. The van der Waals surface area contributed by atoms with Crippen molar-refractivity contribution in [3.63, 3.8) is 0 Å². The highest BCUT2D eigenvalue weighted by Crippen LogP contribution is 2.44. The van der Waals surface area contributed by atoms with Crippen LogP contribution in [-0.4, -0.2) is 53.5 Å². The fraction of sp³-hybridized carbons (Fsp3) is 0.400. The van der Waals surface area contributed by atoms with Gasteiger partial charge in [0, 0.05) is 12.0 Å². The lowest BCUT2D eigenvalue weighted by molar-refractivity contribution is -0.145. The van der Waals surface area contributed by atoms with Gasteiger partial charge in [-0.3, -0.25) is 4.79 Å². The van der Waals surface area contributed by atoms with Crippen molar-refractivity contribution in [2.75, 3.05) is 13.2 Å². The minimum atomic E-state index is -1.38. The van der Waals surface area contributed by atoms with Crippen LogP contribution < -0.4 is 10.6 Å². The van der Waals surface area contributed by atoms with Crippen LogP contribution in [0.2, 0.25) is 0 Å². The highest BCUT2D eigenvalue weighted by Gasteiger charge is 2.47. The second-order valence-electron chi connectivity index (χ2n) is 8.88. The van der Waals surface area contributed by atoms with Gasteiger partial charge in [0.05, 0.1) is 12.0 Å². The second-order valence-corrected chi connectivity index (χ2v) is 8.88. The van der Waals surface area contributed by atoms with Crippen molar-refractivity contribution in [1.82, 2.24) is 10.6 Å². The average Bonchev–Trinajstić information content (AvgIpc) is 3.34. The third-order valence-corrected chi connectivity index (χ3v) is 6.90. The Morgan fingerprint density at radius 2 is 1.70 bits per heavy atom. The first-order valence-corrected chi connectivity index (χ1v) is 11.1. The van der Waals surface area contributed by atoms with Crippen LogP contribution in [0, 0.1) is 5.41 Å². The summed E-state index contributed by atoms with van der Waals surface area (Å²) in [4.78, 5) is 36.6. The van der Waals surface area contributed by atoms with E-state index in [9.17, 15) is 19.5 Å². The molecule has 0 aliphatic heterocycles. The number of carboxylic acid groups (broad SMARTS) is 1. The molecule has 0 saturated heterocycles. The third-order valence-electron chi connectivity index (χ3n) is 6.90. The number of aliphatic hydroxyl groups excluding tert-OH is 1. The number of carboxylic acids is 1. The van der Waals surface area contributed by atoms with Gasteiger partial charge in [-0.15, -0.1) is 0 Å².